The highest BCUT2D eigenvalue weighted by Crippen LogP contribution is 2.30. The van der Waals surface area contributed by atoms with Gasteiger partial charge in [-0.1, -0.05) is 24.3 Å². The summed E-state index contributed by atoms with van der Waals surface area (Å²) < 4.78 is 40.3. The van der Waals surface area contributed by atoms with E-state index in [0.717, 1.165) is 43.9 Å². The zero-order chi connectivity index (χ0) is 19.6. The number of benzene rings is 1. The topological polar surface area (TPSA) is 21.1 Å². The van der Waals surface area contributed by atoms with Crippen LogP contribution in [-0.2, 0) is 13.0 Å². The van der Waals surface area contributed by atoms with Crippen molar-refractivity contribution in [2.24, 2.45) is 0 Å². The van der Waals surface area contributed by atoms with Crippen molar-refractivity contribution in [2.45, 2.75) is 38.0 Å². The molecule has 1 aliphatic rings. The predicted octanol–water partition coefficient (Wildman–Crippen LogP) is 5.55. The summed E-state index contributed by atoms with van der Waals surface area (Å²) in [7, 11) is 0. The van der Waals surface area contributed by atoms with Gasteiger partial charge < -0.3 is 4.57 Å². The molecule has 0 amide bonds. The van der Waals surface area contributed by atoms with E-state index in [2.05, 4.69) is 32.0 Å². The highest BCUT2D eigenvalue weighted by atomic mass is 32.1. The van der Waals surface area contributed by atoms with Gasteiger partial charge in [0.15, 0.2) is 0 Å². The van der Waals surface area contributed by atoms with Crippen LogP contribution in [0.3, 0.4) is 0 Å². The molecule has 0 N–H and O–H groups in total. The molecular weight excluding hydrogens is 383 g/mol. The average Bonchev–Trinajstić information content (AvgIpc) is 3.33. The van der Waals surface area contributed by atoms with Gasteiger partial charge in [0.25, 0.3) is 0 Å². The third-order valence-corrected chi connectivity index (χ3v) is 6.03. The summed E-state index contributed by atoms with van der Waals surface area (Å²) in [5.41, 5.74) is 1.01. The Hall–Kier alpha value is -2.12. The zero-order valence-corrected chi connectivity index (χ0v) is 16.2. The van der Waals surface area contributed by atoms with Crippen LogP contribution in [0.2, 0.25) is 0 Å². The highest BCUT2D eigenvalue weighted by molar-refractivity contribution is 7.09. The Kier molecular flexibility index (Phi) is 5.55. The van der Waals surface area contributed by atoms with Crippen molar-refractivity contribution in [1.82, 2.24) is 14.5 Å². The largest absolute Gasteiger partial charge is 0.393 e. The number of nitrogens with zero attached hydrogens (tertiary/aromatic N) is 3. The van der Waals surface area contributed by atoms with Gasteiger partial charge in [-0.15, -0.1) is 11.3 Å². The molecule has 0 radical (unpaired) electrons. The van der Waals surface area contributed by atoms with Gasteiger partial charge >= 0.3 is 6.18 Å². The maximum atomic E-state index is 12.7. The lowest BCUT2D eigenvalue weighted by Crippen LogP contribution is -2.34. The predicted molar refractivity (Wildman–Crippen MR) is 105 cm³/mol. The molecule has 0 saturated carbocycles. The van der Waals surface area contributed by atoms with Crippen LogP contribution in [0.15, 0.2) is 54.2 Å². The first-order valence-electron chi connectivity index (χ1n) is 9.41. The van der Waals surface area contributed by atoms with E-state index >= 15 is 0 Å². The van der Waals surface area contributed by atoms with Crippen LogP contribution in [0.25, 0.3) is 11.4 Å². The van der Waals surface area contributed by atoms with Crippen LogP contribution in [0.4, 0.5) is 13.2 Å². The molecule has 3 aromatic rings. The molecule has 3 nitrogen and oxygen atoms in total. The van der Waals surface area contributed by atoms with E-state index < -0.39 is 12.6 Å². The molecule has 0 aliphatic carbocycles. The average molecular weight is 405 g/mol. The van der Waals surface area contributed by atoms with Gasteiger partial charge in [-0.25, -0.2) is 4.98 Å². The van der Waals surface area contributed by atoms with Gasteiger partial charge in [-0.05, 0) is 35.9 Å². The van der Waals surface area contributed by atoms with Crippen molar-refractivity contribution in [1.29, 1.82) is 0 Å². The molecule has 0 atom stereocenters. The van der Waals surface area contributed by atoms with Crippen molar-refractivity contribution < 1.29 is 13.2 Å². The van der Waals surface area contributed by atoms with Crippen LogP contribution < -0.4 is 0 Å². The summed E-state index contributed by atoms with van der Waals surface area (Å²) in [5.74, 6) is 0.751. The van der Waals surface area contributed by atoms with Gasteiger partial charge in [-0.2, -0.15) is 13.2 Å². The van der Waals surface area contributed by atoms with Crippen molar-refractivity contribution in [3.05, 3.63) is 64.6 Å². The maximum absolute atomic E-state index is 12.7. The van der Waals surface area contributed by atoms with Gasteiger partial charge in [0.1, 0.15) is 5.82 Å². The Morgan fingerprint density at radius 2 is 1.93 bits per heavy atom. The number of likely N-dealkylation sites (tertiary alicyclic amines) is 1. The summed E-state index contributed by atoms with van der Waals surface area (Å²) >= 11 is 1.78. The van der Waals surface area contributed by atoms with Crippen molar-refractivity contribution in [2.75, 3.05) is 13.1 Å². The summed E-state index contributed by atoms with van der Waals surface area (Å²) in [4.78, 5) is 8.29. The first-order chi connectivity index (χ1) is 13.5. The van der Waals surface area contributed by atoms with Crippen LogP contribution in [0, 0.1) is 0 Å². The van der Waals surface area contributed by atoms with Gasteiger partial charge in [0, 0.05) is 48.5 Å². The Labute approximate surface area is 166 Å². The number of aromatic nitrogens is 2. The first kappa shape index (κ1) is 19.2. The Morgan fingerprint density at radius 3 is 2.64 bits per heavy atom. The number of imidazole rings is 1. The second-order valence-electron chi connectivity index (χ2n) is 7.24. The van der Waals surface area contributed by atoms with E-state index in [1.54, 1.807) is 29.7 Å². The molecule has 1 saturated heterocycles. The lowest BCUT2D eigenvalue weighted by atomic mass is 10.0. The third-order valence-electron chi connectivity index (χ3n) is 5.17. The lowest BCUT2D eigenvalue weighted by Gasteiger charge is -2.33. The van der Waals surface area contributed by atoms with Crippen molar-refractivity contribution in [3.63, 3.8) is 0 Å². The molecule has 148 valence electrons. The van der Waals surface area contributed by atoms with E-state index in [1.807, 2.05) is 12.3 Å². The Morgan fingerprint density at radius 1 is 1.11 bits per heavy atom. The Bertz CT molecular complexity index is 894. The molecule has 1 aromatic carbocycles. The SMILES string of the molecule is FC(F)(F)Cc1cccc(-c2nccn2C2CCN(Cc3cccs3)CC2)c1. The second kappa shape index (κ2) is 8.09. The number of halogens is 3. The highest BCUT2D eigenvalue weighted by Gasteiger charge is 2.28. The molecule has 1 fully saturated rings. The number of hydrogen-bond donors (Lipinski definition) is 0. The van der Waals surface area contributed by atoms with E-state index in [9.17, 15) is 13.2 Å². The fourth-order valence-electron chi connectivity index (χ4n) is 3.86. The smallest absolute Gasteiger partial charge is 0.328 e. The minimum absolute atomic E-state index is 0.269. The van der Waals surface area contributed by atoms with Gasteiger partial charge in [-0.3, -0.25) is 4.90 Å². The molecule has 1 aliphatic heterocycles. The van der Waals surface area contributed by atoms with Gasteiger partial charge in [0.2, 0.25) is 0 Å². The van der Waals surface area contributed by atoms with E-state index in [1.165, 1.54) is 10.9 Å². The fraction of sp³-hybridized carbons (Fsp3) is 0.381. The zero-order valence-electron chi connectivity index (χ0n) is 15.4. The number of rotatable bonds is 5. The molecule has 0 unspecified atom stereocenters. The minimum atomic E-state index is -4.20. The summed E-state index contributed by atoms with van der Waals surface area (Å²) in [6, 6.07) is 11.2. The van der Waals surface area contributed by atoms with Crippen molar-refractivity contribution in [3.8, 4) is 11.4 Å². The standard InChI is InChI=1S/C21H22F3N3S/c22-21(23,24)14-16-3-1-4-17(13-16)20-25-8-11-27(20)18-6-9-26(10-7-18)15-19-5-2-12-28-19/h1-5,8,11-13,18H,6-7,9-10,14-15H2. The van der Waals surface area contributed by atoms with Crippen LogP contribution in [0.5, 0.6) is 0 Å². The Balaban J connectivity index is 1.46. The minimum Gasteiger partial charge on any atom is -0.328 e. The van der Waals surface area contributed by atoms with Crippen LogP contribution in [0.1, 0.15) is 29.3 Å². The molecule has 3 heterocycles. The van der Waals surface area contributed by atoms with Gasteiger partial charge in [0.05, 0.1) is 6.42 Å². The van der Waals surface area contributed by atoms with Crippen LogP contribution >= 0.6 is 11.3 Å². The molecule has 28 heavy (non-hydrogen) atoms. The van der Waals surface area contributed by atoms with E-state index in [0.29, 0.717) is 6.04 Å². The quantitative estimate of drug-likeness (QED) is 0.555. The molecule has 0 spiro atoms. The summed E-state index contributed by atoms with van der Waals surface area (Å²) in [6.07, 6.45) is 0.592. The fourth-order valence-corrected chi connectivity index (χ4v) is 4.61. The summed E-state index contributed by atoms with van der Waals surface area (Å²) in [6.45, 7) is 3.00. The monoisotopic (exact) mass is 405 g/mol. The van der Waals surface area contributed by atoms with E-state index in [4.69, 9.17) is 0 Å². The first-order valence-corrected chi connectivity index (χ1v) is 10.3. The normalized spacial score (nSPS) is 16.5. The molecule has 0 bridgehead atoms. The summed E-state index contributed by atoms with van der Waals surface area (Å²) in [5, 5.41) is 2.10. The van der Waals surface area contributed by atoms with Crippen LogP contribution in [-0.4, -0.2) is 33.7 Å². The van der Waals surface area contributed by atoms with Crippen molar-refractivity contribution >= 4 is 11.3 Å². The third kappa shape index (κ3) is 4.64. The van der Waals surface area contributed by atoms with E-state index in [-0.39, 0.29) is 5.56 Å². The molecule has 2 aromatic heterocycles. The second-order valence-corrected chi connectivity index (χ2v) is 8.27. The number of hydrogen-bond acceptors (Lipinski definition) is 3. The number of thiophene rings is 1. The lowest BCUT2D eigenvalue weighted by molar-refractivity contribution is -0.127. The molecule has 7 heteroatoms. The maximum Gasteiger partial charge on any atom is 0.393 e. The molecular formula is C21H22F3N3S. The molecule has 4 rings (SSSR count). The number of piperidine rings is 1. The number of alkyl halides is 3.